The molecule has 1 aliphatic heterocycles. The molecule has 1 saturated heterocycles. The molecule has 2 amide bonds. The van der Waals surface area contributed by atoms with Crippen LogP contribution in [0.15, 0.2) is 4.52 Å². The van der Waals surface area contributed by atoms with Crippen LogP contribution in [0.5, 0.6) is 0 Å². The fraction of sp³-hybridized carbons (Fsp3) is 0.714. The van der Waals surface area contributed by atoms with Crippen molar-refractivity contribution < 1.29 is 14.1 Å². The Labute approximate surface area is 124 Å². The summed E-state index contributed by atoms with van der Waals surface area (Å²) in [6, 6.07) is 0. The molecule has 116 valence electrons. The Bertz CT molecular complexity index is 512. The van der Waals surface area contributed by atoms with Gasteiger partial charge in [0.1, 0.15) is 0 Å². The van der Waals surface area contributed by atoms with Crippen LogP contribution in [-0.2, 0) is 16.0 Å². The van der Waals surface area contributed by atoms with Crippen molar-refractivity contribution in [1.82, 2.24) is 20.4 Å². The molecule has 0 saturated carbocycles. The normalized spacial score (nSPS) is 18.6. The highest BCUT2D eigenvalue weighted by atomic mass is 16.5. The van der Waals surface area contributed by atoms with Crippen LogP contribution in [0.4, 0.5) is 0 Å². The minimum atomic E-state index is -0.249. The zero-order valence-electron chi connectivity index (χ0n) is 12.8. The minimum absolute atomic E-state index is 0.0661. The number of nitrogens with one attached hydrogen (secondary N) is 1. The molecular formula is C14H22N4O3. The number of hydrogen-bond donors (Lipinski definition) is 1. The van der Waals surface area contributed by atoms with Crippen LogP contribution in [0, 0.1) is 18.8 Å². The van der Waals surface area contributed by atoms with E-state index in [4.69, 9.17) is 4.52 Å². The van der Waals surface area contributed by atoms with E-state index in [1.165, 1.54) is 0 Å². The second kappa shape index (κ2) is 6.69. The highest BCUT2D eigenvalue weighted by molar-refractivity contribution is 5.89. The smallest absolute Gasteiger partial charge is 0.228 e. The van der Waals surface area contributed by atoms with Crippen LogP contribution in [0.1, 0.15) is 32.0 Å². The van der Waals surface area contributed by atoms with Crippen molar-refractivity contribution in [3.05, 3.63) is 11.7 Å². The Morgan fingerprint density at radius 1 is 1.52 bits per heavy atom. The van der Waals surface area contributed by atoms with E-state index in [0.29, 0.717) is 50.1 Å². The summed E-state index contributed by atoms with van der Waals surface area (Å²) in [6.45, 7) is 7.54. The van der Waals surface area contributed by atoms with E-state index in [-0.39, 0.29) is 17.7 Å². The van der Waals surface area contributed by atoms with E-state index >= 15 is 0 Å². The highest BCUT2D eigenvalue weighted by Gasteiger charge is 2.34. The quantitative estimate of drug-likeness (QED) is 0.827. The topological polar surface area (TPSA) is 88.3 Å². The van der Waals surface area contributed by atoms with Crippen molar-refractivity contribution in [3.63, 3.8) is 0 Å². The summed E-state index contributed by atoms with van der Waals surface area (Å²) < 4.78 is 4.97. The predicted octanol–water partition coefficient (Wildman–Crippen LogP) is 0.541. The van der Waals surface area contributed by atoms with Gasteiger partial charge >= 0.3 is 0 Å². The van der Waals surface area contributed by atoms with Crippen molar-refractivity contribution in [1.29, 1.82) is 0 Å². The lowest BCUT2D eigenvalue weighted by Gasteiger charge is -2.18. The van der Waals surface area contributed by atoms with Crippen LogP contribution in [0.2, 0.25) is 0 Å². The molecule has 0 spiro atoms. The van der Waals surface area contributed by atoms with E-state index < -0.39 is 0 Å². The molecule has 1 N–H and O–H groups in total. The lowest BCUT2D eigenvalue weighted by Crippen LogP contribution is -2.35. The maximum Gasteiger partial charge on any atom is 0.228 e. The maximum absolute atomic E-state index is 12.1. The van der Waals surface area contributed by atoms with Gasteiger partial charge in [-0.3, -0.25) is 9.59 Å². The number of amides is 2. The maximum atomic E-state index is 12.1. The molecule has 7 nitrogen and oxygen atoms in total. The Balaban J connectivity index is 1.75. The molecule has 0 aromatic carbocycles. The van der Waals surface area contributed by atoms with Gasteiger partial charge in [0, 0.05) is 32.5 Å². The lowest BCUT2D eigenvalue weighted by molar-refractivity contribution is -0.129. The van der Waals surface area contributed by atoms with Crippen LogP contribution < -0.4 is 5.32 Å². The van der Waals surface area contributed by atoms with Gasteiger partial charge in [-0.05, 0) is 12.8 Å². The molecule has 1 aliphatic rings. The Morgan fingerprint density at radius 3 is 2.90 bits per heavy atom. The van der Waals surface area contributed by atoms with Gasteiger partial charge in [-0.1, -0.05) is 19.0 Å². The minimum Gasteiger partial charge on any atom is -0.355 e. The third-order valence-electron chi connectivity index (χ3n) is 3.38. The van der Waals surface area contributed by atoms with Gasteiger partial charge in [0.25, 0.3) is 0 Å². The monoisotopic (exact) mass is 294 g/mol. The summed E-state index contributed by atoms with van der Waals surface area (Å²) in [5.74, 6) is 1.25. The van der Waals surface area contributed by atoms with Gasteiger partial charge in [0.2, 0.25) is 17.7 Å². The second-order valence-corrected chi connectivity index (χ2v) is 5.87. The third kappa shape index (κ3) is 4.27. The molecule has 21 heavy (non-hydrogen) atoms. The van der Waals surface area contributed by atoms with Crippen molar-refractivity contribution in [3.8, 4) is 0 Å². The van der Waals surface area contributed by atoms with E-state index in [1.807, 2.05) is 0 Å². The zero-order chi connectivity index (χ0) is 15.4. The third-order valence-corrected chi connectivity index (χ3v) is 3.38. The first-order chi connectivity index (χ1) is 9.95. The number of carbonyl (C=O) groups is 2. The molecule has 1 atom stereocenters. The first-order valence-corrected chi connectivity index (χ1v) is 7.30. The fourth-order valence-corrected chi connectivity index (χ4v) is 2.44. The van der Waals surface area contributed by atoms with Crippen molar-refractivity contribution in [2.24, 2.45) is 11.8 Å². The van der Waals surface area contributed by atoms with E-state index in [0.717, 1.165) is 0 Å². The first kappa shape index (κ1) is 15.5. The molecule has 1 unspecified atom stereocenters. The van der Waals surface area contributed by atoms with Crippen molar-refractivity contribution >= 4 is 11.8 Å². The Kier molecular flexibility index (Phi) is 4.93. The summed E-state index contributed by atoms with van der Waals surface area (Å²) in [4.78, 5) is 29.7. The fourth-order valence-electron chi connectivity index (χ4n) is 2.44. The van der Waals surface area contributed by atoms with E-state index in [1.54, 1.807) is 11.8 Å². The summed E-state index contributed by atoms with van der Waals surface area (Å²) in [6.07, 6.45) is 0.807. The number of aromatic nitrogens is 2. The van der Waals surface area contributed by atoms with Gasteiger partial charge in [-0.15, -0.1) is 0 Å². The number of rotatable bonds is 6. The number of carbonyl (C=O) groups excluding carboxylic acids is 2. The summed E-state index contributed by atoms with van der Waals surface area (Å²) >= 11 is 0. The molecular weight excluding hydrogens is 272 g/mol. The van der Waals surface area contributed by atoms with Gasteiger partial charge in [0.05, 0.1) is 5.92 Å². The Hall–Kier alpha value is -1.92. The van der Waals surface area contributed by atoms with Crippen LogP contribution in [0.3, 0.4) is 0 Å². The van der Waals surface area contributed by atoms with Crippen LogP contribution >= 0.6 is 0 Å². The largest absolute Gasteiger partial charge is 0.355 e. The van der Waals surface area contributed by atoms with Crippen LogP contribution in [-0.4, -0.2) is 46.5 Å². The van der Waals surface area contributed by atoms with Crippen molar-refractivity contribution in [2.75, 3.05) is 19.6 Å². The average Bonchev–Trinajstić information content (AvgIpc) is 2.96. The molecule has 2 rings (SSSR count). The zero-order valence-corrected chi connectivity index (χ0v) is 12.8. The van der Waals surface area contributed by atoms with E-state index in [9.17, 15) is 9.59 Å². The highest BCUT2D eigenvalue weighted by Crippen LogP contribution is 2.19. The SMILES string of the molecule is Cc1noc(CCNC(=O)C2CC(=O)N(CC(C)C)C2)n1. The predicted molar refractivity (Wildman–Crippen MR) is 75.3 cm³/mol. The molecule has 2 heterocycles. The number of hydrogen-bond acceptors (Lipinski definition) is 5. The van der Waals surface area contributed by atoms with Gasteiger partial charge in [-0.25, -0.2) is 0 Å². The molecule has 0 bridgehead atoms. The lowest BCUT2D eigenvalue weighted by atomic mass is 10.1. The number of aryl methyl sites for hydroxylation is 1. The number of nitrogens with zero attached hydrogens (tertiary/aromatic N) is 3. The second-order valence-electron chi connectivity index (χ2n) is 5.87. The summed E-state index contributed by atoms with van der Waals surface area (Å²) in [5, 5.41) is 6.52. The standard InChI is InChI=1S/C14H22N4O3/c1-9(2)7-18-8-11(6-13(18)19)14(20)15-5-4-12-16-10(3)17-21-12/h9,11H,4-8H2,1-3H3,(H,15,20). The molecule has 1 fully saturated rings. The molecule has 1 aromatic rings. The average molecular weight is 294 g/mol. The molecule has 1 aromatic heterocycles. The number of likely N-dealkylation sites (tertiary alicyclic amines) is 1. The molecule has 7 heteroatoms. The van der Waals surface area contributed by atoms with Gasteiger partial charge in [0.15, 0.2) is 5.82 Å². The molecule has 0 radical (unpaired) electrons. The van der Waals surface area contributed by atoms with Gasteiger partial charge < -0.3 is 14.7 Å². The van der Waals surface area contributed by atoms with Gasteiger partial charge in [-0.2, -0.15) is 4.98 Å². The Morgan fingerprint density at radius 2 is 2.29 bits per heavy atom. The van der Waals surface area contributed by atoms with E-state index in [2.05, 4.69) is 29.3 Å². The summed E-state index contributed by atoms with van der Waals surface area (Å²) in [5.41, 5.74) is 0. The molecule has 0 aliphatic carbocycles. The van der Waals surface area contributed by atoms with Crippen LogP contribution in [0.25, 0.3) is 0 Å². The first-order valence-electron chi connectivity index (χ1n) is 7.30. The summed E-state index contributed by atoms with van der Waals surface area (Å²) in [7, 11) is 0. The van der Waals surface area contributed by atoms with Crippen molar-refractivity contribution in [2.45, 2.75) is 33.6 Å².